The van der Waals surface area contributed by atoms with Crippen molar-refractivity contribution in [3.05, 3.63) is 34.6 Å². The van der Waals surface area contributed by atoms with Gasteiger partial charge in [0.25, 0.3) is 0 Å². The van der Waals surface area contributed by atoms with E-state index < -0.39 is 0 Å². The lowest BCUT2D eigenvalue weighted by Gasteiger charge is -2.36. The topological polar surface area (TPSA) is 60.0 Å². The molecule has 0 spiro atoms. The predicted octanol–water partition coefficient (Wildman–Crippen LogP) is 1.49. The minimum atomic E-state index is -0.323. The van der Waals surface area contributed by atoms with Gasteiger partial charge in [0.15, 0.2) is 5.96 Å². The van der Waals surface area contributed by atoms with Gasteiger partial charge in [-0.1, -0.05) is 17.7 Å². The average molecular weight is 396 g/mol. The minimum Gasteiger partial charge on any atom is -0.356 e. The van der Waals surface area contributed by atoms with E-state index in [1.165, 1.54) is 12.1 Å². The molecule has 0 radical (unpaired) electrons. The van der Waals surface area contributed by atoms with Crippen LogP contribution in [-0.2, 0) is 11.2 Å². The summed E-state index contributed by atoms with van der Waals surface area (Å²) in [5.41, 5.74) is 0.910. The lowest BCUT2D eigenvalue weighted by molar-refractivity contribution is -0.122. The third-order valence-electron chi connectivity index (χ3n) is 4.89. The van der Waals surface area contributed by atoms with Gasteiger partial charge in [-0.25, -0.2) is 4.39 Å². The molecule has 0 bridgehead atoms. The molecule has 6 nitrogen and oxygen atoms in total. The second kappa shape index (κ2) is 9.37. The fourth-order valence-electron chi connectivity index (χ4n) is 3.19. The van der Waals surface area contributed by atoms with Crippen molar-refractivity contribution in [2.75, 3.05) is 46.3 Å². The zero-order valence-electron chi connectivity index (χ0n) is 15.7. The number of benzene rings is 1. The third-order valence-corrected chi connectivity index (χ3v) is 5.24. The van der Waals surface area contributed by atoms with Crippen LogP contribution < -0.4 is 10.6 Å². The molecule has 2 fully saturated rings. The highest BCUT2D eigenvalue weighted by Crippen LogP contribution is 2.18. The highest BCUT2D eigenvalue weighted by molar-refractivity contribution is 6.31. The molecule has 1 heterocycles. The van der Waals surface area contributed by atoms with Gasteiger partial charge in [0.05, 0.1) is 6.54 Å². The number of halogens is 2. The highest BCUT2D eigenvalue weighted by atomic mass is 35.5. The molecule has 148 valence electrons. The Morgan fingerprint density at radius 3 is 2.67 bits per heavy atom. The maximum Gasteiger partial charge on any atom is 0.234 e. The summed E-state index contributed by atoms with van der Waals surface area (Å²) < 4.78 is 13.1. The lowest BCUT2D eigenvalue weighted by Crippen LogP contribution is -2.54. The van der Waals surface area contributed by atoms with Crippen LogP contribution in [0, 0.1) is 5.82 Å². The molecule has 3 rings (SSSR count). The predicted molar refractivity (Wildman–Crippen MR) is 106 cm³/mol. The van der Waals surface area contributed by atoms with Crippen LogP contribution in [0.4, 0.5) is 4.39 Å². The summed E-state index contributed by atoms with van der Waals surface area (Å²) in [6.07, 6.45) is 2.93. The van der Waals surface area contributed by atoms with E-state index in [4.69, 9.17) is 11.6 Å². The number of carbonyl (C=O) groups is 1. The summed E-state index contributed by atoms with van der Waals surface area (Å²) in [7, 11) is 1.77. The van der Waals surface area contributed by atoms with E-state index in [0.29, 0.717) is 30.6 Å². The number of piperazine rings is 1. The standard InChI is InChI=1S/C19H27ClFN5O/c1-22-19(23-7-6-14-2-3-15(21)12-17(14)20)26-10-8-25(9-11-26)13-18(27)24-16-4-5-16/h2-3,12,16H,4-11,13H2,1H3,(H,22,23)(H,24,27). The zero-order chi connectivity index (χ0) is 19.2. The normalized spacial score (nSPS) is 18.5. The van der Waals surface area contributed by atoms with E-state index in [0.717, 1.165) is 50.5 Å². The number of nitrogens with one attached hydrogen (secondary N) is 2. The molecule has 2 N–H and O–H groups in total. The van der Waals surface area contributed by atoms with Crippen molar-refractivity contribution < 1.29 is 9.18 Å². The van der Waals surface area contributed by atoms with E-state index in [2.05, 4.69) is 25.4 Å². The zero-order valence-corrected chi connectivity index (χ0v) is 16.4. The molecule has 1 saturated carbocycles. The molecule has 8 heteroatoms. The van der Waals surface area contributed by atoms with Crippen LogP contribution in [0.15, 0.2) is 23.2 Å². The number of carbonyl (C=O) groups excluding carboxylic acids is 1. The monoisotopic (exact) mass is 395 g/mol. The van der Waals surface area contributed by atoms with Gasteiger partial charge >= 0.3 is 0 Å². The molecule has 0 aromatic heterocycles. The van der Waals surface area contributed by atoms with Crippen LogP contribution in [0.3, 0.4) is 0 Å². The average Bonchev–Trinajstić information content (AvgIpc) is 3.45. The van der Waals surface area contributed by atoms with Gasteiger partial charge in [-0.2, -0.15) is 0 Å². The van der Waals surface area contributed by atoms with Crippen LogP contribution in [0.5, 0.6) is 0 Å². The molecule has 0 unspecified atom stereocenters. The van der Waals surface area contributed by atoms with Gasteiger partial charge in [-0.3, -0.25) is 14.7 Å². The lowest BCUT2D eigenvalue weighted by atomic mass is 10.1. The summed E-state index contributed by atoms with van der Waals surface area (Å²) in [5, 5.41) is 6.83. The Morgan fingerprint density at radius 1 is 1.30 bits per heavy atom. The van der Waals surface area contributed by atoms with Gasteiger partial charge < -0.3 is 15.5 Å². The summed E-state index contributed by atoms with van der Waals surface area (Å²) in [6, 6.07) is 4.89. The van der Waals surface area contributed by atoms with Crippen molar-refractivity contribution in [3.63, 3.8) is 0 Å². The Morgan fingerprint density at radius 2 is 2.04 bits per heavy atom. The number of amides is 1. The Hall–Kier alpha value is -1.86. The molecule has 1 aromatic rings. The molecule has 2 aliphatic rings. The first kappa shape index (κ1) is 19.9. The van der Waals surface area contributed by atoms with Crippen LogP contribution in [0.1, 0.15) is 18.4 Å². The fraction of sp³-hybridized carbons (Fsp3) is 0.579. The van der Waals surface area contributed by atoms with E-state index in [1.54, 1.807) is 13.1 Å². The molecular weight excluding hydrogens is 369 g/mol. The minimum absolute atomic E-state index is 0.129. The smallest absolute Gasteiger partial charge is 0.234 e. The Kier molecular flexibility index (Phi) is 6.90. The summed E-state index contributed by atoms with van der Waals surface area (Å²) >= 11 is 6.07. The van der Waals surface area contributed by atoms with E-state index in [9.17, 15) is 9.18 Å². The van der Waals surface area contributed by atoms with Gasteiger partial charge in [-0.15, -0.1) is 0 Å². The Balaban J connectivity index is 1.40. The summed E-state index contributed by atoms with van der Waals surface area (Å²) in [6.45, 7) is 4.47. The first-order valence-electron chi connectivity index (χ1n) is 9.46. The van der Waals surface area contributed by atoms with Crippen molar-refractivity contribution in [3.8, 4) is 0 Å². The SMILES string of the molecule is CN=C(NCCc1ccc(F)cc1Cl)N1CCN(CC(=O)NC2CC2)CC1. The largest absolute Gasteiger partial charge is 0.356 e. The van der Waals surface area contributed by atoms with E-state index in [1.807, 2.05) is 0 Å². The first-order chi connectivity index (χ1) is 13.0. The molecule has 0 atom stereocenters. The summed E-state index contributed by atoms with van der Waals surface area (Å²) in [5.74, 6) is 0.649. The number of aliphatic imine (C=N–C) groups is 1. The van der Waals surface area contributed by atoms with Crippen LogP contribution in [0.25, 0.3) is 0 Å². The van der Waals surface area contributed by atoms with Crippen LogP contribution in [0.2, 0.25) is 5.02 Å². The number of hydrogen-bond donors (Lipinski definition) is 2. The first-order valence-corrected chi connectivity index (χ1v) is 9.84. The quantitative estimate of drug-likeness (QED) is 0.566. The molecule has 1 aromatic carbocycles. The van der Waals surface area contributed by atoms with Crippen molar-refractivity contribution >= 4 is 23.5 Å². The van der Waals surface area contributed by atoms with E-state index in [-0.39, 0.29) is 11.7 Å². The number of nitrogens with zero attached hydrogens (tertiary/aromatic N) is 3. The Bertz CT molecular complexity index is 687. The maximum atomic E-state index is 13.1. The molecule has 1 saturated heterocycles. The van der Waals surface area contributed by atoms with Gasteiger partial charge in [0, 0.05) is 50.8 Å². The highest BCUT2D eigenvalue weighted by Gasteiger charge is 2.25. The van der Waals surface area contributed by atoms with E-state index >= 15 is 0 Å². The van der Waals surface area contributed by atoms with Crippen molar-refractivity contribution in [1.82, 2.24) is 20.4 Å². The van der Waals surface area contributed by atoms with Gasteiger partial charge in [0.1, 0.15) is 5.82 Å². The molecular formula is C19H27ClFN5O. The maximum absolute atomic E-state index is 13.1. The number of guanidine groups is 1. The second-order valence-corrected chi connectivity index (χ2v) is 7.47. The molecule has 1 aliphatic carbocycles. The number of hydrogen-bond acceptors (Lipinski definition) is 3. The van der Waals surface area contributed by atoms with Crippen molar-refractivity contribution in [2.24, 2.45) is 4.99 Å². The molecule has 27 heavy (non-hydrogen) atoms. The number of rotatable bonds is 6. The van der Waals surface area contributed by atoms with Crippen LogP contribution >= 0.6 is 11.6 Å². The molecule has 1 aliphatic heterocycles. The molecule has 1 amide bonds. The van der Waals surface area contributed by atoms with Crippen LogP contribution in [-0.4, -0.2) is 74.0 Å². The Labute approximate surface area is 164 Å². The van der Waals surface area contributed by atoms with Gasteiger partial charge in [-0.05, 0) is 37.0 Å². The van der Waals surface area contributed by atoms with Crippen molar-refractivity contribution in [2.45, 2.75) is 25.3 Å². The second-order valence-electron chi connectivity index (χ2n) is 7.06. The summed E-state index contributed by atoms with van der Waals surface area (Å²) in [4.78, 5) is 20.7. The van der Waals surface area contributed by atoms with Gasteiger partial charge in [0.2, 0.25) is 5.91 Å². The van der Waals surface area contributed by atoms with Crippen molar-refractivity contribution in [1.29, 1.82) is 0 Å². The third kappa shape index (κ3) is 6.07. The fourth-order valence-corrected chi connectivity index (χ4v) is 3.45.